The summed E-state index contributed by atoms with van der Waals surface area (Å²) in [7, 11) is 1.06. The van der Waals surface area contributed by atoms with Gasteiger partial charge in [0.2, 0.25) is 11.8 Å². The van der Waals surface area contributed by atoms with E-state index in [4.69, 9.17) is 4.74 Å². The van der Waals surface area contributed by atoms with Gasteiger partial charge in [-0.05, 0) is 72.4 Å². The molecule has 0 aromatic heterocycles. The van der Waals surface area contributed by atoms with E-state index in [-0.39, 0.29) is 16.5 Å². The Morgan fingerprint density at radius 1 is 0.841 bits per heavy atom. The Bertz CT molecular complexity index is 1400. The number of benzene rings is 2. The van der Waals surface area contributed by atoms with Crippen LogP contribution in [0.5, 0.6) is 0 Å². The standard InChI is InChI=1S/C32H34F6N2O4/c1-29(2,3)17-11-13-22(14-12-17)40-26(41)23-24(27(40)42)30(39-25(23)28(43)44-4,18-7-5-9-20(15-18)31(33,34)35)19-8-6-10-21(16-19)32(36,37)38/h5-10,15-17,22-25,39H,11-14H2,1-4H3/t17?,22?,23-,24+,25-/m1/s1. The van der Waals surface area contributed by atoms with E-state index in [0.717, 1.165) is 61.2 Å². The number of hydrogen-bond acceptors (Lipinski definition) is 5. The van der Waals surface area contributed by atoms with Gasteiger partial charge in [0.1, 0.15) is 6.04 Å². The van der Waals surface area contributed by atoms with Gasteiger partial charge in [-0.3, -0.25) is 24.6 Å². The molecule has 0 bridgehead atoms. The Morgan fingerprint density at radius 3 is 1.77 bits per heavy atom. The number of hydrogen-bond donors (Lipinski definition) is 1. The van der Waals surface area contributed by atoms with Crippen LogP contribution >= 0.6 is 0 Å². The highest BCUT2D eigenvalue weighted by molar-refractivity contribution is 6.09. The van der Waals surface area contributed by atoms with Crippen molar-refractivity contribution < 1.29 is 45.5 Å². The lowest BCUT2D eigenvalue weighted by Crippen LogP contribution is -2.53. The van der Waals surface area contributed by atoms with Crippen LogP contribution in [0.3, 0.4) is 0 Å². The molecule has 6 nitrogen and oxygen atoms in total. The van der Waals surface area contributed by atoms with Gasteiger partial charge < -0.3 is 4.74 Å². The second kappa shape index (κ2) is 10.9. The van der Waals surface area contributed by atoms with Gasteiger partial charge in [0.05, 0.1) is 35.6 Å². The van der Waals surface area contributed by atoms with E-state index in [9.17, 15) is 40.7 Å². The van der Waals surface area contributed by atoms with E-state index in [2.05, 4.69) is 26.1 Å². The molecule has 2 heterocycles. The van der Waals surface area contributed by atoms with Gasteiger partial charge in [-0.25, -0.2) is 0 Å². The summed E-state index contributed by atoms with van der Waals surface area (Å²) in [5.74, 6) is -4.99. The van der Waals surface area contributed by atoms with Crippen molar-refractivity contribution in [1.29, 1.82) is 0 Å². The van der Waals surface area contributed by atoms with Crippen molar-refractivity contribution in [2.45, 2.75) is 76.4 Å². The first-order valence-electron chi connectivity index (χ1n) is 14.5. The van der Waals surface area contributed by atoms with Gasteiger partial charge >= 0.3 is 18.3 Å². The predicted molar refractivity (Wildman–Crippen MR) is 147 cm³/mol. The number of halogens is 6. The van der Waals surface area contributed by atoms with Crippen molar-refractivity contribution in [3.63, 3.8) is 0 Å². The highest BCUT2D eigenvalue weighted by Crippen LogP contribution is 2.54. The van der Waals surface area contributed by atoms with E-state index < -0.39 is 70.7 Å². The fourth-order valence-corrected chi connectivity index (χ4v) is 7.40. The summed E-state index contributed by atoms with van der Waals surface area (Å²) in [5, 5.41) is 2.88. The van der Waals surface area contributed by atoms with Crippen LogP contribution in [0, 0.1) is 23.2 Å². The summed E-state index contributed by atoms with van der Waals surface area (Å²) in [6, 6.07) is 5.76. The highest BCUT2D eigenvalue weighted by atomic mass is 19.4. The summed E-state index contributed by atoms with van der Waals surface area (Å²) in [6.45, 7) is 6.33. The first kappa shape index (κ1) is 32.0. The molecule has 2 amide bonds. The molecule has 44 heavy (non-hydrogen) atoms. The molecule has 0 spiro atoms. The maximum atomic E-state index is 14.4. The lowest BCUT2D eigenvalue weighted by atomic mass is 9.70. The molecule has 2 aromatic rings. The SMILES string of the molecule is COC(=O)[C@@H]1NC(c2cccc(C(F)(F)F)c2)(c2cccc(C(F)(F)F)c2)[C@@H]2C(=O)N(C3CCC(C(C)(C)C)CC3)C(=O)[C@H]21. The lowest BCUT2D eigenvalue weighted by Gasteiger charge is -2.41. The second-order valence-electron chi connectivity index (χ2n) is 13.0. The summed E-state index contributed by atoms with van der Waals surface area (Å²) in [6.07, 6.45) is -7.20. The van der Waals surface area contributed by atoms with E-state index in [1.54, 1.807) is 0 Å². The first-order valence-corrected chi connectivity index (χ1v) is 14.5. The minimum absolute atomic E-state index is 0.00254. The number of fused-ring (bicyclic) bond motifs is 1. The Morgan fingerprint density at radius 2 is 1.34 bits per heavy atom. The van der Waals surface area contributed by atoms with Crippen molar-refractivity contribution in [1.82, 2.24) is 10.2 Å². The molecule has 3 fully saturated rings. The van der Waals surface area contributed by atoms with Crippen molar-refractivity contribution in [2.75, 3.05) is 7.11 Å². The fraction of sp³-hybridized carbons (Fsp3) is 0.531. The number of ether oxygens (including phenoxy) is 1. The van der Waals surface area contributed by atoms with Gasteiger partial charge in [-0.2, -0.15) is 26.3 Å². The van der Waals surface area contributed by atoms with Crippen LogP contribution < -0.4 is 5.32 Å². The zero-order chi connectivity index (χ0) is 32.4. The van der Waals surface area contributed by atoms with E-state index in [1.807, 2.05) is 0 Å². The maximum absolute atomic E-state index is 14.4. The molecule has 1 N–H and O–H groups in total. The normalized spacial score (nSPS) is 27.4. The van der Waals surface area contributed by atoms with Gasteiger partial charge in [-0.1, -0.05) is 45.0 Å². The molecule has 2 aromatic carbocycles. The third-order valence-corrected chi connectivity index (χ3v) is 9.63. The van der Waals surface area contributed by atoms with Gasteiger partial charge in [-0.15, -0.1) is 0 Å². The predicted octanol–water partition coefficient (Wildman–Crippen LogP) is 6.32. The summed E-state index contributed by atoms with van der Waals surface area (Å²) >= 11 is 0. The molecule has 5 rings (SSSR count). The molecule has 2 aliphatic heterocycles. The number of imide groups is 1. The number of rotatable bonds is 4. The zero-order valence-corrected chi connectivity index (χ0v) is 24.7. The molecule has 1 saturated carbocycles. The number of nitrogens with zero attached hydrogens (tertiary/aromatic N) is 1. The van der Waals surface area contributed by atoms with Gasteiger partial charge in [0, 0.05) is 6.04 Å². The van der Waals surface area contributed by atoms with Gasteiger partial charge in [0.25, 0.3) is 0 Å². The van der Waals surface area contributed by atoms with Crippen LogP contribution in [0.1, 0.15) is 68.7 Å². The molecule has 0 radical (unpaired) electrons. The fourth-order valence-electron chi connectivity index (χ4n) is 7.40. The largest absolute Gasteiger partial charge is 0.468 e. The number of esters is 1. The van der Waals surface area contributed by atoms with Gasteiger partial charge in [0.15, 0.2) is 0 Å². The van der Waals surface area contributed by atoms with E-state index in [1.165, 1.54) is 12.1 Å². The number of nitrogens with one attached hydrogen (secondary N) is 1. The zero-order valence-electron chi connectivity index (χ0n) is 24.7. The highest BCUT2D eigenvalue weighted by Gasteiger charge is 2.69. The summed E-state index contributed by atoms with van der Waals surface area (Å²) in [4.78, 5) is 42.8. The summed E-state index contributed by atoms with van der Waals surface area (Å²) in [5.41, 5.74) is -4.70. The van der Waals surface area contributed by atoms with Crippen molar-refractivity contribution in [3.8, 4) is 0 Å². The molecule has 12 heteroatoms. The number of carbonyl (C=O) groups is 3. The summed E-state index contributed by atoms with van der Waals surface area (Å²) < 4.78 is 88.4. The topological polar surface area (TPSA) is 75.7 Å². The molecule has 238 valence electrons. The monoisotopic (exact) mass is 624 g/mol. The molecule has 3 aliphatic rings. The van der Waals surface area contributed by atoms with Crippen LogP contribution in [0.15, 0.2) is 48.5 Å². The average molecular weight is 625 g/mol. The molecular weight excluding hydrogens is 590 g/mol. The minimum atomic E-state index is -4.82. The Kier molecular flexibility index (Phi) is 7.92. The van der Waals surface area contributed by atoms with Crippen molar-refractivity contribution >= 4 is 17.8 Å². The molecule has 3 atom stereocenters. The van der Waals surface area contributed by atoms with Crippen LogP contribution in [0.4, 0.5) is 26.3 Å². The molecule has 2 saturated heterocycles. The number of alkyl halides is 6. The molecule has 0 unspecified atom stereocenters. The van der Waals surface area contributed by atoms with Crippen molar-refractivity contribution in [3.05, 3.63) is 70.8 Å². The number of amides is 2. The lowest BCUT2D eigenvalue weighted by molar-refractivity contribution is -0.150. The van der Waals surface area contributed by atoms with E-state index in [0.29, 0.717) is 18.8 Å². The van der Waals surface area contributed by atoms with Crippen LogP contribution in [-0.2, 0) is 37.0 Å². The molecular formula is C32H34F6N2O4. The second-order valence-corrected chi connectivity index (χ2v) is 13.0. The van der Waals surface area contributed by atoms with Crippen molar-refractivity contribution in [2.24, 2.45) is 23.2 Å². The quantitative estimate of drug-likeness (QED) is 0.245. The number of carbonyl (C=O) groups excluding carboxylic acids is 3. The Labute approximate surface area is 251 Å². The first-order chi connectivity index (χ1) is 20.4. The van der Waals surface area contributed by atoms with Crippen LogP contribution in [0.25, 0.3) is 0 Å². The minimum Gasteiger partial charge on any atom is -0.468 e. The number of likely N-dealkylation sites (tertiary alicyclic amines) is 1. The van der Waals surface area contributed by atoms with Crippen LogP contribution in [-0.4, -0.2) is 41.9 Å². The third kappa shape index (κ3) is 5.28. The third-order valence-electron chi connectivity index (χ3n) is 9.63. The van der Waals surface area contributed by atoms with E-state index >= 15 is 0 Å². The Balaban J connectivity index is 1.70. The molecule has 1 aliphatic carbocycles. The Hall–Kier alpha value is -3.41. The van der Waals surface area contributed by atoms with Crippen LogP contribution in [0.2, 0.25) is 0 Å². The maximum Gasteiger partial charge on any atom is 0.416 e. The number of methoxy groups -OCH3 is 1. The smallest absolute Gasteiger partial charge is 0.416 e. The average Bonchev–Trinajstić information content (AvgIpc) is 3.45.